The average Bonchev–Trinajstić information content (AvgIpc) is 3.25. The number of piperidine rings is 2. The normalized spacial score (nSPS) is 14.8. The van der Waals surface area contributed by atoms with Crippen LogP contribution in [0.2, 0.25) is 0 Å². The quantitative estimate of drug-likeness (QED) is 0.177. The number of nitrogens with zero attached hydrogens (tertiary/aromatic N) is 6. The lowest BCUT2D eigenvalue weighted by Crippen LogP contribution is -2.44. The largest absolute Gasteiger partial charge is 0.465 e. The second-order valence-electron chi connectivity index (χ2n) is 14.2. The van der Waals surface area contributed by atoms with Crippen molar-refractivity contribution in [1.82, 2.24) is 25.3 Å². The summed E-state index contributed by atoms with van der Waals surface area (Å²) < 4.78 is 9.66. The lowest BCUT2D eigenvalue weighted by molar-refractivity contribution is -0.119. The van der Waals surface area contributed by atoms with Crippen LogP contribution in [-0.4, -0.2) is 90.3 Å². The summed E-state index contributed by atoms with van der Waals surface area (Å²) >= 11 is 0. The summed E-state index contributed by atoms with van der Waals surface area (Å²) in [6.07, 6.45) is 3.54. The maximum absolute atomic E-state index is 11.9. The summed E-state index contributed by atoms with van der Waals surface area (Å²) in [6.45, 7) is 4.77. The van der Waals surface area contributed by atoms with Crippen LogP contribution in [0.15, 0.2) is 97.1 Å². The zero-order valence-electron chi connectivity index (χ0n) is 32.4. The number of anilines is 2. The first-order chi connectivity index (χ1) is 27.7. The molecule has 2 aliphatic rings. The number of ether oxygens (including phenoxy) is 2. The summed E-state index contributed by atoms with van der Waals surface area (Å²) in [4.78, 5) is 59.2. The predicted molar refractivity (Wildman–Crippen MR) is 221 cm³/mol. The van der Waals surface area contributed by atoms with Crippen LogP contribution in [-0.2, 0) is 14.3 Å². The minimum Gasteiger partial charge on any atom is -0.465 e. The van der Waals surface area contributed by atoms with Crippen LogP contribution in [0.1, 0.15) is 53.3 Å². The Balaban J connectivity index is 0.000000175. The molecule has 1 amide bonds. The van der Waals surface area contributed by atoms with Gasteiger partial charge in [-0.2, -0.15) is 0 Å². The monoisotopic (exact) mass is 766 g/mol. The first-order valence-corrected chi connectivity index (χ1v) is 19.1. The van der Waals surface area contributed by atoms with Gasteiger partial charge >= 0.3 is 11.9 Å². The molecule has 0 radical (unpaired) electrons. The molecule has 0 spiro atoms. The van der Waals surface area contributed by atoms with Crippen LogP contribution in [0.5, 0.6) is 0 Å². The number of methoxy groups -OCH3 is 2. The molecule has 0 bridgehead atoms. The van der Waals surface area contributed by atoms with Gasteiger partial charge in [-0.1, -0.05) is 60.7 Å². The van der Waals surface area contributed by atoms with Gasteiger partial charge in [0.25, 0.3) is 0 Å². The van der Waals surface area contributed by atoms with E-state index in [1.54, 1.807) is 37.3 Å². The highest BCUT2D eigenvalue weighted by Gasteiger charge is 2.25. The Hall–Kier alpha value is -6.47. The predicted octanol–water partition coefficient (Wildman–Crippen LogP) is 6.20. The summed E-state index contributed by atoms with van der Waals surface area (Å²) in [7, 11) is 2.74. The molecular weight excluding hydrogens is 721 g/mol. The summed E-state index contributed by atoms with van der Waals surface area (Å²) in [5, 5.41) is 3.00. The lowest BCUT2D eigenvalue weighted by atomic mass is 10.0. The van der Waals surface area contributed by atoms with Crippen LogP contribution in [0.25, 0.3) is 44.6 Å². The highest BCUT2D eigenvalue weighted by Crippen LogP contribution is 2.33. The molecule has 2 aromatic heterocycles. The third-order valence-corrected chi connectivity index (χ3v) is 10.3. The van der Waals surface area contributed by atoms with Crippen LogP contribution >= 0.6 is 0 Å². The molecule has 3 N–H and O–H groups in total. The number of aromatic nitrogens is 4. The zero-order chi connectivity index (χ0) is 39.9. The zero-order valence-corrected chi connectivity index (χ0v) is 32.4. The SMILES string of the molecule is COC(=O)c1ccc2nc(-c3ccccc3)c(N3CCC(N)CC3)nc2c1.COC(=O)c1ccc2nc(-c3ccccc3)c(N3CCC(NC(C)=O)CC3)nc2c1. The minimum absolute atomic E-state index is 0.000684. The molecule has 13 heteroatoms. The molecule has 0 aliphatic carbocycles. The minimum atomic E-state index is -0.400. The van der Waals surface area contributed by atoms with E-state index < -0.39 is 5.97 Å². The van der Waals surface area contributed by atoms with E-state index in [-0.39, 0.29) is 24.0 Å². The van der Waals surface area contributed by atoms with Gasteiger partial charge in [0.2, 0.25) is 5.91 Å². The van der Waals surface area contributed by atoms with Crippen molar-refractivity contribution in [2.45, 2.75) is 44.7 Å². The van der Waals surface area contributed by atoms with Crippen molar-refractivity contribution in [1.29, 1.82) is 0 Å². The standard InChI is InChI=1S/C23H24N4O3.C21H22N4O2/c1-15(28)24-18-10-12-27(13-11-18)22-21(16-6-4-3-5-7-16)25-19-9-8-17(23(29)30-2)14-20(19)26-22;1-27-21(26)15-7-8-17-18(13-15)24-20(25-11-9-16(22)10-12-25)19(23-17)14-5-3-2-4-6-14/h3-9,14,18H,10-13H2,1-2H3,(H,24,28);2-8,13,16H,9-12,22H2,1H3. The number of hydrogen-bond donors (Lipinski definition) is 2. The molecule has 2 fully saturated rings. The third-order valence-electron chi connectivity index (χ3n) is 10.3. The number of hydrogen-bond acceptors (Lipinski definition) is 12. The van der Waals surface area contributed by atoms with Gasteiger partial charge in [0.15, 0.2) is 11.6 Å². The van der Waals surface area contributed by atoms with E-state index >= 15 is 0 Å². The van der Waals surface area contributed by atoms with Gasteiger partial charge in [0.1, 0.15) is 11.4 Å². The number of benzene rings is 4. The molecule has 4 heterocycles. The van der Waals surface area contributed by atoms with Crippen molar-refractivity contribution in [3.63, 3.8) is 0 Å². The van der Waals surface area contributed by atoms with Gasteiger partial charge < -0.3 is 30.3 Å². The van der Waals surface area contributed by atoms with Crippen molar-refractivity contribution in [3.8, 4) is 22.5 Å². The van der Waals surface area contributed by atoms with Crippen molar-refractivity contribution < 1.29 is 23.9 Å². The molecule has 292 valence electrons. The van der Waals surface area contributed by atoms with E-state index in [0.717, 1.165) is 97.0 Å². The Morgan fingerprint density at radius 2 is 1.02 bits per heavy atom. The van der Waals surface area contributed by atoms with Crippen molar-refractivity contribution in [3.05, 3.63) is 108 Å². The van der Waals surface area contributed by atoms with E-state index in [9.17, 15) is 14.4 Å². The van der Waals surface area contributed by atoms with Gasteiger partial charge in [-0.25, -0.2) is 29.5 Å². The molecule has 0 unspecified atom stereocenters. The average molecular weight is 767 g/mol. The number of nitrogens with one attached hydrogen (secondary N) is 1. The van der Waals surface area contributed by atoms with E-state index in [2.05, 4.69) is 15.1 Å². The van der Waals surface area contributed by atoms with Crippen molar-refractivity contribution in [2.24, 2.45) is 5.73 Å². The van der Waals surface area contributed by atoms with Gasteiger partial charge in [-0.05, 0) is 62.1 Å². The second kappa shape index (κ2) is 17.5. The number of esters is 2. The van der Waals surface area contributed by atoms with Crippen molar-refractivity contribution >= 4 is 51.5 Å². The highest BCUT2D eigenvalue weighted by atomic mass is 16.5. The lowest BCUT2D eigenvalue weighted by Gasteiger charge is -2.34. The Morgan fingerprint density at radius 3 is 1.42 bits per heavy atom. The molecule has 57 heavy (non-hydrogen) atoms. The van der Waals surface area contributed by atoms with E-state index in [0.29, 0.717) is 22.2 Å². The molecule has 2 saturated heterocycles. The number of carbonyl (C=O) groups is 3. The first-order valence-electron chi connectivity index (χ1n) is 19.1. The molecule has 6 aromatic rings. The van der Waals surface area contributed by atoms with Crippen LogP contribution in [0.3, 0.4) is 0 Å². The summed E-state index contributed by atoms with van der Waals surface area (Å²) in [5.41, 5.74) is 13.5. The summed E-state index contributed by atoms with van der Waals surface area (Å²) in [6, 6.07) is 30.9. The molecule has 0 atom stereocenters. The van der Waals surface area contributed by atoms with Crippen LogP contribution in [0, 0.1) is 0 Å². The summed E-state index contributed by atoms with van der Waals surface area (Å²) in [5.74, 6) is 0.846. The first kappa shape index (κ1) is 38.8. The highest BCUT2D eigenvalue weighted by molar-refractivity contribution is 5.95. The molecular formula is C44H46N8O5. The maximum Gasteiger partial charge on any atom is 0.337 e. The smallest absolute Gasteiger partial charge is 0.337 e. The van der Waals surface area contributed by atoms with Gasteiger partial charge in [0.05, 0.1) is 47.4 Å². The van der Waals surface area contributed by atoms with Crippen LogP contribution in [0.4, 0.5) is 11.6 Å². The Bertz CT molecular complexity index is 2380. The van der Waals surface area contributed by atoms with Crippen LogP contribution < -0.4 is 20.9 Å². The fourth-order valence-corrected chi connectivity index (χ4v) is 7.23. The fraction of sp³-hybridized carbons (Fsp3) is 0.295. The van der Waals surface area contributed by atoms with E-state index in [1.165, 1.54) is 14.2 Å². The Kier molecular flexibility index (Phi) is 11.9. The fourth-order valence-electron chi connectivity index (χ4n) is 7.23. The van der Waals surface area contributed by atoms with E-state index in [1.807, 2.05) is 66.7 Å². The molecule has 2 aliphatic heterocycles. The number of nitrogens with two attached hydrogens (primary N) is 1. The maximum atomic E-state index is 11.9. The third kappa shape index (κ3) is 9.00. The number of carbonyl (C=O) groups excluding carboxylic acids is 3. The van der Waals surface area contributed by atoms with E-state index in [4.69, 9.17) is 35.1 Å². The van der Waals surface area contributed by atoms with Gasteiger partial charge in [0, 0.05) is 56.3 Å². The number of amides is 1. The molecule has 8 rings (SSSR count). The van der Waals surface area contributed by atoms with Gasteiger partial charge in [-0.3, -0.25) is 4.79 Å². The Labute approximate surface area is 331 Å². The Morgan fingerprint density at radius 1 is 0.596 bits per heavy atom. The number of rotatable bonds is 7. The second-order valence-corrected chi connectivity index (χ2v) is 14.2. The molecule has 4 aromatic carbocycles. The molecule has 13 nitrogen and oxygen atoms in total. The molecule has 0 saturated carbocycles. The number of fused-ring (bicyclic) bond motifs is 2. The van der Waals surface area contributed by atoms with Gasteiger partial charge in [-0.15, -0.1) is 0 Å². The van der Waals surface area contributed by atoms with Crippen molar-refractivity contribution in [2.75, 3.05) is 50.2 Å². The topological polar surface area (TPSA) is 166 Å².